The van der Waals surface area contributed by atoms with Gasteiger partial charge in [0, 0.05) is 16.8 Å². The van der Waals surface area contributed by atoms with Crippen molar-refractivity contribution in [2.75, 3.05) is 5.73 Å². The van der Waals surface area contributed by atoms with E-state index in [1.165, 1.54) is 17.8 Å². The van der Waals surface area contributed by atoms with E-state index in [9.17, 15) is 4.79 Å². The zero-order valence-electron chi connectivity index (χ0n) is 8.83. The molecule has 0 aliphatic rings. The molecule has 0 aliphatic carbocycles. The normalized spacial score (nSPS) is 10.1. The summed E-state index contributed by atoms with van der Waals surface area (Å²) in [5, 5.41) is 9.83. The van der Waals surface area contributed by atoms with Crippen molar-refractivity contribution in [3.63, 3.8) is 0 Å². The first kappa shape index (κ1) is 11.5. The molecule has 17 heavy (non-hydrogen) atoms. The van der Waals surface area contributed by atoms with E-state index in [0.29, 0.717) is 10.6 Å². The van der Waals surface area contributed by atoms with Crippen molar-refractivity contribution in [1.82, 2.24) is 4.98 Å². The van der Waals surface area contributed by atoms with Gasteiger partial charge in [0.2, 0.25) is 0 Å². The molecular formula is C12H10N2O2S. The molecule has 0 spiro atoms. The lowest BCUT2D eigenvalue weighted by Gasteiger charge is -2.05. The first-order valence-corrected chi connectivity index (χ1v) is 5.70. The van der Waals surface area contributed by atoms with Crippen molar-refractivity contribution in [2.24, 2.45) is 0 Å². The molecule has 0 unspecified atom stereocenters. The van der Waals surface area contributed by atoms with Crippen LogP contribution in [0.5, 0.6) is 0 Å². The fourth-order valence-electron chi connectivity index (χ4n) is 1.32. The Morgan fingerprint density at radius 2 is 2.12 bits per heavy atom. The third kappa shape index (κ3) is 2.76. The summed E-state index contributed by atoms with van der Waals surface area (Å²) in [6, 6.07) is 10.3. The minimum atomic E-state index is -0.990. The number of hydrogen-bond acceptors (Lipinski definition) is 4. The van der Waals surface area contributed by atoms with Crippen molar-refractivity contribution in [1.29, 1.82) is 0 Å². The molecule has 86 valence electrons. The zero-order chi connectivity index (χ0) is 12.3. The van der Waals surface area contributed by atoms with Crippen LogP contribution in [-0.4, -0.2) is 16.1 Å². The molecule has 1 aromatic carbocycles. The first-order valence-electron chi connectivity index (χ1n) is 4.88. The summed E-state index contributed by atoms with van der Waals surface area (Å²) in [5.74, 6) is -0.990. The molecule has 4 nitrogen and oxygen atoms in total. The van der Waals surface area contributed by atoms with Gasteiger partial charge in [-0.25, -0.2) is 9.78 Å². The van der Waals surface area contributed by atoms with E-state index in [4.69, 9.17) is 10.8 Å². The maximum absolute atomic E-state index is 11.1. The lowest BCUT2D eigenvalue weighted by molar-refractivity contribution is 0.0693. The predicted octanol–water partition coefficient (Wildman–Crippen LogP) is 2.51. The van der Waals surface area contributed by atoms with E-state index in [1.54, 1.807) is 18.3 Å². The van der Waals surface area contributed by atoms with Crippen molar-refractivity contribution in [3.8, 4) is 0 Å². The van der Waals surface area contributed by atoms with Crippen LogP contribution in [0, 0.1) is 0 Å². The van der Waals surface area contributed by atoms with Crippen molar-refractivity contribution in [2.45, 2.75) is 9.92 Å². The Bertz CT molecular complexity index is 543. The molecule has 0 bridgehead atoms. The second-order valence-electron chi connectivity index (χ2n) is 3.33. The van der Waals surface area contributed by atoms with Crippen molar-refractivity contribution >= 4 is 23.4 Å². The summed E-state index contributed by atoms with van der Waals surface area (Å²) in [7, 11) is 0. The van der Waals surface area contributed by atoms with Crippen LogP contribution in [0.3, 0.4) is 0 Å². The Hall–Kier alpha value is -2.01. The van der Waals surface area contributed by atoms with Gasteiger partial charge in [0.25, 0.3) is 0 Å². The Kier molecular flexibility index (Phi) is 3.30. The van der Waals surface area contributed by atoms with Gasteiger partial charge in [-0.05, 0) is 30.3 Å². The smallest absolute Gasteiger partial charge is 0.336 e. The Morgan fingerprint density at radius 1 is 1.29 bits per heavy atom. The second kappa shape index (κ2) is 4.88. The van der Waals surface area contributed by atoms with Crippen LogP contribution >= 0.6 is 11.8 Å². The molecule has 0 aliphatic heterocycles. The van der Waals surface area contributed by atoms with Crippen molar-refractivity contribution in [3.05, 3.63) is 48.2 Å². The van der Waals surface area contributed by atoms with Gasteiger partial charge in [-0.1, -0.05) is 17.8 Å². The van der Waals surface area contributed by atoms with Crippen LogP contribution in [-0.2, 0) is 0 Å². The molecule has 1 aromatic heterocycles. The van der Waals surface area contributed by atoms with E-state index < -0.39 is 5.97 Å². The van der Waals surface area contributed by atoms with Gasteiger partial charge in [-0.3, -0.25) is 0 Å². The second-order valence-corrected chi connectivity index (χ2v) is 4.39. The van der Waals surface area contributed by atoms with E-state index in [1.807, 2.05) is 18.2 Å². The molecule has 0 radical (unpaired) electrons. The highest BCUT2D eigenvalue weighted by Gasteiger charge is 2.11. The first-order chi connectivity index (χ1) is 8.16. The largest absolute Gasteiger partial charge is 0.478 e. The highest BCUT2D eigenvalue weighted by atomic mass is 32.2. The van der Waals surface area contributed by atoms with E-state index in [0.717, 1.165) is 5.03 Å². The predicted molar refractivity (Wildman–Crippen MR) is 66.2 cm³/mol. The highest BCUT2D eigenvalue weighted by Crippen LogP contribution is 2.30. The summed E-state index contributed by atoms with van der Waals surface area (Å²) < 4.78 is 0. The molecule has 1 heterocycles. The van der Waals surface area contributed by atoms with Crippen LogP contribution in [0.4, 0.5) is 5.69 Å². The number of nitrogens with two attached hydrogens (primary N) is 1. The number of nitrogens with zero attached hydrogens (tertiary/aromatic N) is 1. The summed E-state index contributed by atoms with van der Waals surface area (Å²) in [4.78, 5) is 15.8. The number of aromatic nitrogens is 1. The number of rotatable bonds is 3. The standard InChI is InChI=1S/C12H10N2O2S/c13-8-4-5-10(9(7-8)12(15)16)17-11-3-1-2-6-14-11/h1-7H,13H2,(H,15,16). The van der Waals surface area contributed by atoms with Crippen LogP contribution in [0.15, 0.2) is 52.5 Å². The Labute approximate surface area is 102 Å². The summed E-state index contributed by atoms with van der Waals surface area (Å²) in [6.45, 7) is 0. The summed E-state index contributed by atoms with van der Waals surface area (Å²) in [6.07, 6.45) is 1.67. The molecular weight excluding hydrogens is 236 g/mol. The average Bonchev–Trinajstić information content (AvgIpc) is 2.32. The van der Waals surface area contributed by atoms with Gasteiger partial charge >= 0.3 is 5.97 Å². The molecule has 0 saturated heterocycles. The summed E-state index contributed by atoms with van der Waals surface area (Å²) in [5.41, 5.74) is 6.20. The molecule has 3 N–H and O–H groups in total. The maximum atomic E-state index is 11.1. The van der Waals surface area contributed by atoms with Crippen LogP contribution in [0.25, 0.3) is 0 Å². The molecule has 2 rings (SSSR count). The van der Waals surface area contributed by atoms with Crippen LogP contribution < -0.4 is 5.73 Å². The number of anilines is 1. The number of carboxylic acid groups (broad SMARTS) is 1. The summed E-state index contributed by atoms with van der Waals surface area (Å²) >= 11 is 1.30. The van der Waals surface area contributed by atoms with Gasteiger partial charge in [0.1, 0.15) is 5.03 Å². The fraction of sp³-hybridized carbons (Fsp3) is 0. The topological polar surface area (TPSA) is 76.2 Å². The van der Waals surface area contributed by atoms with Gasteiger partial charge in [-0.2, -0.15) is 0 Å². The molecule has 0 amide bonds. The Morgan fingerprint density at radius 3 is 2.76 bits per heavy atom. The molecule has 5 heteroatoms. The SMILES string of the molecule is Nc1ccc(Sc2ccccn2)c(C(=O)O)c1. The average molecular weight is 246 g/mol. The Balaban J connectivity index is 2.36. The van der Waals surface area contributed by atoms with Gasteiger partial charge in [0.15, 0.2) is 0 Å². The number of nitrogen functional groups attached to an aromatic ring is 1. The van der Waals surface area contributed by atoms with E-state index in [2.05, 4.69) is 4.98 Å². The fourth-order valence-corrected chi connectivity index (χ4v) is 2.20. The van der Waals surface area contributed by atoms with Gasteiger partial charge in [0.05, 0.1) is 5.56 Å². The zero-order valence-corrected chi connectivity index (χ0v) is 9.65. The maximum Gasteiger partial charge on any atom is 0.336 e. The van der Waals surface area contributed by atoms with Crippen molar-refractivity contribution < 1.29 is 9.90 Å². The quantitative estimate of drug-likeness (QED) is 0.814. The molecule has 2 aromatic rings. The number of carboxylic acids is 1. The third-order valence-corrected chi connectivity index (χ3v) is 3.11. The van der Waals surface area contributed by atoms with Gasteiger partial charge < -0.3 is 10.8 Å². The molecule has 0 fully saturated rings. The lowest BCUT2D eigenvalue weighted by atomic mass is 10.2. The van der Waals surface area contributed by atoms with E-state index >= 15 is 0 Å². The van der Waals surface area contributed by atoms with E-state index in [-0.39, 0.29) is 5.56 Å². The number of hydrogen-bond donors (Lipinski definition) is 2. The number of benzene rings is 1. The number of carbonyl (C=O) groups is 1. The van der Waals surface area contributed by atoms with Gasteiger partial charge in [-0.15, -0.1) is 0 Å². The minimum Gasteiger partial charge on any atom is -0.478 e. The third-order valence-electron chi connectivity index (χ3n) is 2.09. The monoisotopic (exact) mass is 246 g/mol. The molecule has 0 saturated carbocycles. The lowest BCUT2D eigenvalue weighted by Crippen LogP contribution is -2.00. The minimum absolute atomic E-state index is 0.195. The number of pyridine rings is 1. The molecule has 0 atom stereocenters. The number of aromatic carboxylic acids is 1. The highest BCUT2D eigenvalue weighted by molar-refractivity contribution is 7.99. The van der Waals surface area contributed by atoms with Crippen LogP contribution in [0.1, 0.15) is 10.4 Å². The van der Waals surface area contributed by atoms with Crippen LogP contribution in [0.2, 0.25) is 0 Å².